The highest BCUT2D eigenvalue weighted by molar-refractivity contribution is 7.92. The lowest BCUT2D eigenvalue weighted by atomic mass is 10.1. The number of rotatable bonds is 5. The van der Waals surface area contributed by atoms with E-state index < -0.39 is 27.3 Å². The Hall–Kier alpha value is -2.98. The minimum Gasteiger partial charge on any atom is -0.486 e. The number of ether oxygens (including phenoxy) is 2. The fraction of sp³-hybridized carbons (Fsp3) is 0.158. The molecule has 1 aliphatic heterocycles. The van der Waals surface area contributed by atoms with Crippen molar-refractivity contribution in [2.45, 2.75) is 4.90 Å². The molecular formula is C19H15FN2O5S2. The van der Waals surface area contributed by atoms with Crippen LogP contribution in [0, 0.1) is 5.82 Å². The molecule has 0 fully saturated rings. The van der Waals surface area contributed by atoms with Gasteiger partial charge in [-0.1, -0.05) is 0 Å². The Labute approximate surface area is 170 Å². The molecule has 0 spiro atoms. The zero-order chi connectivity index (χ0) is 20.4. The van der Waals surface area contributed by atoms with Gasteiger partial charge in [0.25, 0.3) is 0 Å². The summed E-state index contributed by atoms with van der Waals surface area (Å²) in [5, 5.41) is 4.51. The van der Waals surface area contributed by atoms with Crippen molar-refractivity contribution in [1.82, 2.24) is 4.98 Å². The van der Waals surface area contributed by atoms with Crippen molar-refractivity contribution in [3.8, 4) is 22.8 Å². The fourth-order valence-electron chi connectivity index (χ4n) is 2.72. The maximum absolute atomic E-state index is 13.0. The van der Waals surface area contributed by atoms with Crippen LogP contribution < -0.4 is 14.8 Å². The summed E-state index contributed by atoms with van der Waals surface area (Å²) in [6.07, 6.45) is 0. The number of hydrogen-bond acceptors (Lipinski definition) is 7. The van der Waals surface area contributed by atoms with Gasteiger partial charge in [0.15, 0.2) is 26.5 Å². The molecule has 0 atom stereocenters. The van der Waals surface area contributed by atoms with E-state index >= 15 is 0 Å². The maximum atomic E-state index is 13.0. The zero-order valence-corrected chi connectivity index (χ0v) is 16.6. The summed E-state index contributed by atoms with van der Waals surface area (Å²) in [6, 6.07) is 9.73. The number of anilines is 1. The highest BCUT2D eigenvalue weighted by atomic mass is 32.2. The quantitative estimate of drug-likeness (QED) is 0.620. The predicted molar refractivity (Wildman–Crippen MR) is 106 cm³/mol. The number of nitrogens with zero attached hydrogens (tertiary/aromatic N) is 1. The van der Waals surface area contributed by atoms with Gasteiger partial charge in [0, 0.05) is 10.9 Å². The molecule has 4 rings (SSSR count). The number of hydrogen-bond donors (Lipinski definition) is 1. The molecule has 2 heterocycles. The van der Waals surface area contributed by atoms with E-state index in [1.807, 2.05) is 6.07 Å². The molecule has 29 heavy (non-hydrogen) atoms. The van der Waals surface area contributed by atoms with Crippen molar-refractivity contribution in [3.63, 3.8) is 0 Å². The Bertz CT molecular complexity index is 1160. The number of aromatic nitrogens is 1. The number of carbonyl (C=O) groups excluding carboxylic acids is 1. The maximum Gasteiger partial charge on any atom is 0.241 e. The molecule has 1 aliphatic rings. The fourth-order valence-corrected chi connectivity index (χ4v) is 4.59. The molecule has 0 aliphatic carbocycles. The second-order valence-electron chi connectivity index (χ2n) is 6.16. The average molecular weight is 434 g/mol. The lowest BCUT2D eigenvalue weighted by Gasteiger charge is -2.18. The average Bonchev–Trinajstić information content (AvgIpc) is 3.15. The molecule has 0 saturated carbocycles. The van der Waals surface area contributed by atoms with Crippen LogP contribution >= 0.6 is 11.3 Å². The Kier molecular flexibility index (Phi) is 5.20. The number of thiazole rings is 1. The van der Waals surface area contributed by atoms with Crippen LogP contribution in [0.15, 0.2) is 52.7 Å². The zero-order valence-electron chi connectivity index (χ0n) is 14.9. The monoisotopic (exact) mass is 434 g/mol. The van der Waals surface area contributed by atoms with Crippen LogP contribution in [0.3, 0.4) is 0 Å². The summed E-state index contributed by atoms with van der Waals surface area (Å²) >= 11 is 1.17. The van der Waals surface area contributed by atoms with Gasteiger partial charge in [0.1, 0.15) is 24.8 Å². The van der Waals surface area contributed by atoms with E-state index in [2.05, 4.69) is 10.3 Å². The van der Waals surface area contributed by atoms with E-state index in [-0.39, 0.29) is 10.0 Å². The standard InChI is InChI=1S/C19H15FN2O5S2/c20-13-2-4-14(5-3-13)29(24,25)11-18(23)22-19-21-15(10-28-19)12-1-6-16-17(9-12)27-8-7-26-16/h1-6,9-10H,7-8,11H2,(H,21,22,23). The van der Waals surface area contributed by atoms with Gasteiger partial charge in [-0.25, -0.2) is 17.8 Å². The molecule has 0 bridgehead atoms. The molecule has 1 N–H and O–H groups in total. The van der Waals surface area contributed by atoms with Gasteiger partial charge in [0.05, 0.1) is 10.6 Å². The number of nitrogens with one attached hydrogen (secondary N) is 1. The molecule has 1 aromatic heterocycles. The lowest BCUT2D eigenvalue weighted by molar-refractivity contribution is -0.113. The van der Waals surface area contributed by atoms with Crippen LogP contribution in [-0.2, 0) is 14.6 Å². The number of fused-ring (bicyclic) bond motifs is 1. The normalized spacial score (nSPS) is 13.1. The van der Waals surface area contributed by atoms with E-state index in [1.54, 1.807) is 17.5 Å². The molecular weight excluding hydrogens is 419 g/mol. The van der Waals surface area contributed by atoms with Gasteiger partial charge in [-0.3, -0.25) is 4.79 Å². The first-order valence-electron chi connectivity index (χ1n) is 8.54. The van der Waals surface area contributed by atoms with Gasteiger partial charge in [0.2, 0.25) is 5.91 Å². The SMILES string of the molecule is O=C(CS(=O)(=O)c1ccc(F)cc1)Nc1nc(-c2ccc3c(c2)OCCO3)cs1. The third kappa shape index (κ3) is 4.38. The summed E-state index contributed by atoms with van der Waals surface area (Å²) in [6.45, 7) is 0.970. The molecule has 2 aromatic carbocycles. The van der Waals surface area contributed by atoms with Crippen molar-refractivity contribution < 1.29 is 27.1 Å². The van der Waals surface area contributed by atoms with Crippen molar-refractivity contribution in [3.05, 3.63) is 53.7 Å². The first-order valence-corrected chi connectivity index (χ1v) is 11.1. The van der Waals surface area contributed by atoms with Crippen molar-refractivity contribution in [2.24, 2.45) is 0 Å². The van der Waals surface area contributed by atoms with Gasteiger partial charge >= 0.3 is 0 Å². The van der Waals surface area contributed by atoms with Crippen LogP contribution in [0.5, 0.6) is 11.5 Å². The summed E-state index contributed by atoms with van der Waals surface area (Å²) in [4.78, 5) is 16.4. The highest BCUT2D eigenvalue weighted by Gasteiger charge is 2.21. The highest BCUT2D eigenvalue weighted by Crippen LogP contribution is 2.35. The van der Waals surface area contributed by atoms with E-state index in [4.69, 9.17) is 9.47 Å². The largest absolute Gasteiger partial charge is 0.486 e. The lowest BCUT2D eigenvalue weighted by Crippen LogP contribution is -2.23. The van der Waals surface area contributed by atoms with Gasteiger partial charge in [-0.2, -0.15) is 0 Å². The molecule has 0 unspecified atom stereocenters. The molecule has 10 heteroatoms. The molecule has 0 saturated heterocycles. The summed E-state index contributed by atoms with van der Waals surface area (Å²) < 4.78 is 48.6. The van der Waals surface area contributed by atoms with Crippen LogP contribution in [0.4, 0.5) is 9.52 Å². The Balaban J connectivity index is 1.45. The number of amides is 1. The van der Waals surface area contributed by atoms with Gasteiger partial charge in [-0.05, 0) is 42.5 Å². The van der Waals surface area contributed by atoms with Crippen LogP contribution in [0.2, 0.25) is 0 Å². The summed E-state index contributed by atoms with van der Waals surface area (Å²) in [5.41, 5.74) is 1.40. The molecule has 1 amide bonds. The smallest absolute Gasteiger partial charge is 0.241 e. The van der Waals surface area contributed by atoms with E-state index in [1.165, 1.54) is 11.3 Å². The number of benzene rings is 2. The van der Waals surface area contributed by atoms with Gasteiger partial charge in [-0.15, -0.1) is 11.3 Å². The Morgan fingerprint density at radius 3 is 2.59 bits per heavy atom. The number of halogens is 1. The molecule has 3 aromatic rings. The first-order chi connectivity index (χ1) is 13.9. The minimum absolute atomic E-state index is 0.120. The third-order valence-corrected chi connectivity index (χ3v) is 6.47. The van der Waals surface area contributed by atoms with Gasteiger partial charge < -0.3 is 14.8 Å². The van der Waals surface area contributed by atoms with E-state index in [9.17, 15) is 17.6 Å². The topological polar surface area (TPSA) is 94.6 Å². The third-order valence-electron chi connectivity index (χ3n) is 4.08. The number of sulfone groups is 1. The molecule has 7 nitrogen and oxygen atoms in total. The minimum atomic E-state index is -3.88. The Morgan fingerprint density at radius 1 is 1.10 bits per heavy atom. The second kappa shape index (κ2) is 7.80. The number of carbonyl (C=O) groups is 1. The van der Waals surface area contributed by atoms with E-state index in [0.29, 0.717) is 30.4 Å². The first kappa shape index (κ1) is 19.3. The van der Waals surface area contributed by atoms with Crippen molar-refractivity contribution in [1.29, 1.82) is 0 Å². The van der Waals surface area contributed by atoms with Crippen LogP contribution in [0.25, 0.3) is 11.3 Å². The summed E-state index contributed by atoms with van der Waals surface area (Å²) in [7, 11) is -3.88. The predicted octanol–water partition coefficient (Wildman–Crippen LogP) is 3.13. The summed E-state index contributed by atoms with van der Waals surface area (Å²) in [5.74, 6) is -0.759. The van der Waals surface area contributed by atoms with Crippen molar-refractivity contribution in [2.75, 3.05) is 24.3 Å². The second-order valence-corrected chi connectivity index (χ2v) is 9.01. The van der Waals surface area contributed by atoms with Crippen molar-refractivity contribution >= 4 is 32.2 Å². The van der Waals surface area contributed by atoms with E-state index in [0.717, 1.165) is 29.8 Å². The van der Waals surface area contributed by atoms with Crippen LogP contribution in [-0.4, -0.2) is 38.3 Å². The Morgan fingerprint density at radius 2 is 1.83 bits per heavy atom. The molecule has 0 radical (unpaired) electrons. The van der Waals surface area contributed by atoms with Crippen LogP contribution in [0.1, 0.15) is 0 Å². The molecule has 150 valence electrons.